The van der Waals surface area contributed by atoms with E-state index < -0.39 is 29.6 Å². The number of hydrogen-bond acceptors (Lipinski definition) is 6. The maximum Gasteiger partial charge on any atom is 0.324 e. The molecule has 2 aliphatic rings. The molecule has 1 aliphatic heterocycles. The molecule has 1 unspecified atom stereocenters. The molecule has 1 saturated heterocycles. The first-order valence-electron chi connectivity index (χ1n) is 9.13. The van der Waals surface area contributed by atoms with Crippen molar-refractivity contribution in [2.24, 2.45) is 5.92 Å². The van der Waals surface area contributed by atoms with Crippen LogP contribution in [0.1, 0.15) is 42.0 Å². The van der Waals surface area contributed by atoms with Gasteiger partial charge in [0.2, 0.25) is 0 Å². The van der Waals surface area contributed by atoms with Crippen LogP contribution in [0.3, 0.4) is 0 Å². The summed E-state index contributed by atoms with van der Waals surface area (Å²) >= 11 is 0. The number of fused-ring (bicyclic) bond motifs is 2. The third-order valence-electron chi connectivity index (χ3n) is 5.27. The fourth-order valence-electron chi connectivity index (χ4n) is 4.15. The van der Waals surface area contributed by atoms with Gasteiger partial charge in [0, 0.05) is 31.4 Å². The lowest BCUT2D eigenvalue weighted by Gasteiger charge is -2.39. The SMILES string of the molecule is COc1cc2c(c(OC)c1)C(C1C(=O)OC(C)(C)OC1=O)c1ccccc1C2. The molecule has 1 fully saturated rings. The monoisotopic (exact) mass is 382 g/mol. The van der Waals surface area contributed by atoms with Crippen LogP contribution >= 0.6 is 0 Å². The van der Waals surface area contributed by atoms with Crippen molar-refractivity contribution in [1.82, 2.24) is 0 Å². The number of methoxy groups -OCH3 is 2. The minimum atomic E-state index is -1.27. The third kappa shape index (κ3) is 2.89. The zero-order chi connectivity index (χ0) is 20.1. The lowest BCUT2D eigenvalue weighted by atomic mass is 9.71. The lowest BCUT2D eigenvalue weighted by molar-refractivity contribution is -0.240. The summed E-state index contributed by atoms with van der Waals surface area (Å²) in [5, 5.41) is 0. The Morgan fingerprint density at radius 2 is 1.61 bits per heavy atom. The van der Waals surface area contributed by atoms with E-state index in [1.54, 1.807) is 34.1 Å². The number of esters is 2. The first-order valence-corrected chi connectivity index (χ1v) is 9.13. The van der Waals surface area contributed by atoms with Crippen molar-refractivity contribution in [3.8, 4) is 11.5 Å². The maximum atomic E-state index is 12.9. The van der Waals surface area contributed by atoms with Crippen molar-refractivity contribution in [3.63, 3.8) is 0 Å². The van der Waals surface area contributed by atoms with Gasteiger partial charge in [-0.3, -0.25) is 9.59 Å². The van der Waals surface area contributed by atoms with E-state index in [4.69, 9.17) is 18.9 Å². The van der Waals surface area contributed by atoms with Crippen molar-refractivity contribution in [2.45, 2.75) is 32.0 Å². The van der Waals surface area contributed by atoms with Crippen LogP contribution in [0.25, 0.3) is 0 Å². The zero-order valence-electron chi connectivity index (χ0n) is 16.3. The fraction of sp³-hybridized carbons (Fsp3) is 0.364. The second kappa shape index (κ2) is 6.55. The van der Waals surface area contributed by atoms with Gasteiger partial charge >= 0.3 is 11.9 Å². The molecule has 146 valence electrons. The average molecular weight is 382 g/mol. The molecule has 2 aromatic rings. The summed E-state index contributed by atoms with van der Waals surface area (Å²) < 4.78 is 21.8. The van der Waals surface area contributed by atoms with E-state index in [0.717, 1.165) is 22.3 Å². The number of benzene rings is 2. The minimum absolute atomic E-state index is 0.558. The van der Waals surface area contributed by atoms with Gasteiger partial charge in [-0.2, -0.15) is 0 Å². The van der Waals surface area contributed by atoms with Crippen molar-refractivity contribution in [1.29, 1.82) is 0 Å². The quantitative estimate of drug-likeness (QED) is 0.600. The van der Waals surface area contributed by atoms with Crippen LogP contribution in [-0.2, 0) is 25.5 Å². The molecule has 0 amide bonds. The maximum absolute atomic E-state index is 12.9. The molecule has 0 radical (unpaired) electrons. The van der Waals surface area contributed by atoms with Crippen LogP contribution in [0.4, 0.5) is 0 Å². The van der Waals surface area contributed by atoms with Crippen molar-refractivity contribution in [3.05, 3.63) is 58.7 Å². The molecule has 0 saturated carbocycles. The van der Waals surface area contributed by atoms with Crippen molar-refractivity contribution >= 4 is 11.9 Å². The lowest BCUT2D eigenvalue weighted by Crippen LogP contribution is -2.49. The van der Waals surface area contributed by atoms with E-state index >= 15 is 0 Å². The van der Waals surface area contributed by atoms with Crippen LogP contribution in [0.5, 0.6) is 11.5 Å². The molecule has 0 bridgehead atoms. The number of cyclic esters (lactones) is 2. The topological polar surface area (TPSA) is 71.1 Å². The third-order valence-corrected chi connectivity index (χ3v) is 5.27. The summed E-state index contributed by atoms with van der Waals surface area (Å²) in [7, 11) is 3.15. The molecule has 0 spiro atoms. The Hall–Kier alpha value is -3.02. The van der Waals surface area contributed by atoms with Crippen LogP contribution in [-0.4, -0.2) is 31.9 Å². The molecule has 1 atom stereocenters. The number of hydrogen-bond donors (Lipinski definition) is 0. The second-order valence-electron chi connectivity index (χ2n) is 7.48. The minimum Gasteiger partial charge on any atom is -0.497 e. The Balaban J connectivity index is 1.93. The molecule has 1 heterocycles. The molecule has 2 aromatic carbocycles. The normalized spacial score (nSPS) is 20.5. The summed E-state index contributed by atoms with van der Waals surface area (Å²) in [6, 6.07) is 11.5. The standard InChI is InChI=1S/C22H22O6/c1-22(2)27-20(23)19(21(24)28-22)18-15-8-6-5-7-12(15)9-13-10-14(25-3)11-16(26-4)17(13)18/h5-8,10-11,18-19H,9H2,1-4H3. The fourth-order valence-corrected chi connectivity index (χ4v) is 4.15. The average Bonchev–Trinajstić information content (AvgIpc) is 2.64. The van der Waals surface area contributed by atoms with Gasteiger partial charge < -0.3 is 18.9 Å². The van der Waals surface area contributed by atoms with Crippen LogP contribution < -0.4 is 9.47 Å². The highest BCUT2D eigenvalue weighted by Gasteiger charge is 2.50. The second-order valence-corrected chi connectivity index (χ2v) is 7.48. The molecule has 4 rings (SSSR count). The summed E-state index contributed by atoms with van der Waals surface area (Å²) in [6.45, 7) is 3.10. The van der Waals surface area contributed by atoms with Gasteiger partial charge in [0.1, 0.15) is 11.5 Å². The number of carbonyl (C=O) groups excluding carboxylic acids is 2. The summed E-state index contributed by atoms with van der Waals surface area (Å²) in [6.07, 6.45) is 0.651. The molecular weight excluding hydrogens is 360 g/mol. The van der Waals surface area contributed by atoms with E-state index in [1.807, 2.05) is 30.3 Å². The molecular formula is C22H22O6. The van der Waals surface area contributed by atoms with Crippen molar-refractivity contribution in [2.75, 3.05) is 14.2 Å². The highest BCUT2D eigenvalue weighted by atomic mass is 16.7. The van der Waals surface area contributed by atoms with Gasteiger partial charge in [-0.1, -0.05) is 24.3 Å². The van der Waals surface area contributed by atoms with Gasteiger partial charge in [-0.05, 0) is 29.2 Å². The van der Waals surface area contributed by atoms with E-state index in [2.05, 4.69) is 0 Å². The Kier molecular flexibility index (Phi) is 4.29. The Labute approximate surface area is 163 Å². The van der Waals surface area contributed by atoms with Gasteiger partial charge in [0.05, 0.1) is 14.2 Å². The summed E-state index contributed by atoms with van der Waals surface area (Å²) in [5.74, 6) is -2.89. The molecule has 0 aromatic heterocycles. The van der Waals surface area contributed by atoms with Gasteiger partial charge in [-0.25, -0.2) is 0 Å². The predicted octanol–water partition coefficient (Wildman–Crippen LogP) is 3.19. The van der Waals surface area contributed by atoms with Crippen molar-refractivity contribution < 1.29 is 28.5 Å². The van der Waals surface area contributed by atoms with E-state index in [0.29, 0.717) is 17.9 Å². The summed E-state index contributed by atoms with van der Waals surface area (Å²) in [4.78, 5) is 25.7. The van der Waals surface area contributed by atoms with Crippen LogP contribution in [0.2, 0.25) is 0 Å². The van der Waals surface area contributed by atoms with Gasteiger partial charge in [0.25, 0.3) is 5.79 Å². The number of ether oxygens (including phenoxy) is 4. The first-order chi connectivity index (χ1) is 13.3. The van der Waals surface area contributed by atoms with Crippen LogP contribution in [0.15, 0.2) is 36.4 Å². The smallest absolute Gasteiger partial charge is 0.324 e. The first kappa shape index (κ1) is 18.3. The summed E-state index contributed by atoms with van der Waals surface area (Å²) in [5.41, 5.74) is 3.68. The Morgan fingerprint density at radius 1 is 0.929 bits per heavy atom. The van der Waals surface area contributed by atoms with Gasteiger partial charge in [-0.15, -0.1) is 0 Å². The predicted molar refractivity (Wildman–Crippen MR) is 100 cm³/mol. The van der Waals surface area contributed by atoms with E-state index in [9.17, 15) is 9.59 Å². The Morgan fingerprint density at radius 3 is 2.25 bits per heavy atom. The molecule has 6 heteroatoms. The highest BCUT2D eigenvalue weighted by molar-refractivity contribution is 5.98. The van der Waals surface area contributed by atoms with Gasteiger partial charge in [0.15, 0.2) is 5.92 Å². The number of rotatable bonds is 3. The number of carbonyl (C=O) groups is 2. The van der Waals surface area contributed by atoms with E-state index in [-0.39, 0.29) is 0 Å². The molecule has 28 heavy (non-hydrogen) atoms. The zero-order valence-corrected chi connectivity index (χ0v) is 16.3. The molecule has 1 aliphatic carbocycles. The molecule has 0 N–H and O–H groups in total. The largest absolute Gasteiger partial charge is 0.497 e. The molecule has 6 nitrogen and oxygen atoms in total. The van der Waals surface area contributed by atoms with E-state index in [1.165, 1.54) is 0 Å². The highest BCUT2D eigenvalue weighted by Crippen LogP contribution is 2.48. The Bertz CT molecular complexity index is 941. The van der Waals surface area contributed by atoms with Crippen LogP contribution in [0, 0.1) is 5.92 Å².